The molecule has 0 aliphatic rings. The Labute approximate surface area is 87.2 Å². The lowest BCUT2D eigenvalue weighted by atomic mass is 10.3. The predicted octanol–water partition coefficient (Wildman–Crippen LogP) is 0.875. The fourth-order valence-corrected chi connectivity index (χ4v) is 1.39. The van der Waals surface area contributed by atoms with Crippen LogP contribution >= 0.6 is 23.7 Å². The van der Waals surface area contributed by atoms with Crippen molar-refractivity contribution in [1.82, 2.24) is 4.98 Å². The van der Waals surface area contributed by atoms with E-state index in [0.29, 0.717) is 5.13 Å². The highest BCUT2D eigenvalue weighted by Crippen LogP contribution is 2.15. The lowest BCUT2D eigenvalue weighted by Gasteiger charge is -2.15. The minimum Gasteiger partial charge on any atom is -0.320 e. The Morgan fingerprint density at radius 1 is 1.77 bits per heavy atom. The highest BCUT2D eigenvalue weighted by atomic mass is 35.5. The van der Waals surface area contributed by atoms with Gasteiger partial charge in [0.2, 0.25) is 5.91 Å². The summed E-state index contributed by atoms with van der Waals surface area (Å²) in [6.45, 7) is 1.66. The first-order chi connectivity index (χ1) is 5.63. The minimum absolute atomic E-state index is 0. The molecule has 2 N–H and O–H groups in total. The molecule has 0 aromatic carbocycles. The fourth-order valence-electron chi connectivity index (χ4n) is 0.781. The molecule has 0 fully saturated rings. The summed E-state index contributed by atoms with van der Waals surface area (Å²) >= 11 is 1.42. The molecular formula is C7H12ClN3OS. The van der Waals surface area contributed by atoms with Crippen LogP contribution in [0.4, 0.5) is 5.13 Å². The molecule has 0 unspecified atom stereocenters. The van der Waals surface area contributed by atoms with Crippen LogP contribution in [0.15, 0.2) is 11.6 Å². The van der Waals surface area contributed by atoms with E-state index in [1.807, 2.05) is 5.38 Å². The average molecular weight is 222 g/mol. The summed E-state index contributed by atoms with van der Waals surface area (Å²) in [7, 11) is 1.67. The van der Waals surface area contributed by atoms with Crippen molar-refractivity contribution in [2.45, 2.75) is 13.0 Å². The van der Waals surface area contributed by atoms with Gasteiger partial charge in [0.1, 0.15) is 0 Å². The summed E-state index contributed by atoms with van der Waals surface area (Å²) in [5.74, 6) is -0.120. The maximum atomic E-state index is 11.3. The molecule has 0 aliphatic heterocycles. The molecular weight excluding hydrogens is 210 g/mol. The molecule has 13 heavy (non-hydrogen) atoms. The van der Waals surface area contributed by atoms with Gasteiger partial charge in [0.15, 0.2) is 5.13 Å². The van der Waals surface area contributed by atoms with E-state index in [9.17, 15) is 4.79 Å². The third-order valence-corrected chi connectivity index (χ3v) is 2.27. The minimum atomic E-state index is -0.473. The Morgan fingerprint density at radius 3 is 2.77 bits per heavy atom. The third-order valence-electron chi connectivity index (χ3n) is 1.43. The van der Waals surface area contributed by atoms with Gasteiger partial charge in [-0.1, -0.05) is 0 Å². The van der Waals surface area contributed by atoms with Crippen LogP contribution in [-0.4, -0.2) is 24.0 Å². The fraction of sp³-hybridized carbons (Fsp3) is 0.429. The quantitative estimate of drug-likeness (QED) is 0.807. The van der Waals surface area contributed by atoms with Crippen LogP contribution in [0.3, 0.4) is 0 Å². The van der Waals surface area contributed by atoms with Gasteiger partial charge in [0, 0.05) is 18.6 Å². The van der Waals surface area contributed by atoms with Gasteiger partial charge < -0.3 is 5.73 Å². The Balaban J connectivity index is 0.00000144. The summed E-state index contributed by atoms with van der Waals surface area (Å²) in [5.41, 5.74) is 5.43. The van der Waals surface area contributed by atoms with E-state index in [-0.39, 0.29) is 18.3 Å². The first-order valence-corrected chi connectivity index (χ1v) is 4.43. The second kappa shape index (κ2) is 5.16. The van der Waals surface area contributed by atoms with Gasteiger partial charge in [0.05, 0.1) is 6.04 Å². The number of carbonyl (C=O) groups is 1. The number of hydrogen-bond donors (Lipinski definition) is 1. The molecule has 4 nitrogen and oxygen atoms in total. The van der Waals surface area contributed by atoms with E-state index in [0.717, 1.165) is 0 Å². The number of rotatable bonds is 2. The van der Waals surface area contributed by atoms with Crippen molar-refractivity contribution < 1.29 is 4.79 Å². The molecule has 1 aromatic rings. The van der Waals surface area contributed by atoms with E-state index >= 15 is 0 Å². The van der Waals surface area contributed by atoms with Crippen molar-refractivity contribution in [3.05, 3.63) is 11.6 Å². The smallest absolute Gasteiger partial charge is 0.245 e. The zero-order chi connectivity index (χ0) is 9.14. The monoisotopic (exact) mass is 221 g/mol. The lowest BCUT2D eigenvalue weighted by molar-refractivity contribution is -0.119. The lowest BCUT2D eigenvalue weighted by Crippen LogP contribution is -2.39. The van der Waals surface area contributed by atoms with Crippen molar-refractivity contribution in [3.63, 3.8) is 0 Å². The summed E-state index contributed by atoms with van der Waals surface area (Å²) in [4.78, 5) is 16.8. The molecule has 1 heterocycles. The van der Waals surface area contributed by atoms with Crippen LogP contribution in [0.2, 0.25) is 0 Å². The van der Waals surface area contributed by atoms with E-state index in [1.54, 1.807) is 20.2 Å². The molecule has 0 saturated heterocycles. The average Bonchev–Trinajstić information content (AvgIpc) is 2.53. The van der Waals surface area contributed by atoms with Crippen molar-refractivity contribution in [2.75, 3.05) is 11.9 Å². The van der Waals surface area contributed by atoms with Crippen molar-refractivity contribution in [2.24, 2.45) is 5.73 Å². The van der Waals surface area contributed by atoms with Crippen molar-refractivity contribution in [1.29, 1.82) is 0 Å². The second-order valence-corrected chi connectivity index (χ2v) is 3.37. The summed E-state index contributed by atoms with van der Waals surface area (Å²) < 4.78 is 0. The van der Waals surface area contributed by atoms with Gasteiger partial charge in [0.25, 0.3) is 0 Å². The zero-order valence-electron chi connectivity index (χ0n) is 7.43. The molecule has 0 radical (unpaired) electrons. The molecule has 1 aromatic heterocycles. The topological polar surface area (TPSA) is 59.2 Å². The summed E-state index contributed by atoms with van der Waals surface area (Å²) in [6, 6.07) is -0.473. The number of likely N-dealkylation sites (N-methyl/N-ethyl adjacent to an activating group) is 1. The normalized spacial score (nSPS) is 11.6. The van der Waals surface area contributed by atoms with E-state index in [2.05, 4.69) is 4.98 Å². The number of hydrogen-bond acceptors (Lipinski definition) is 4. The van der Waals surface area contributed by atoms with Gasteiger partial charge in [-0.15, -0.1) is 23.7 Å². The SMILES string of the molecule is C[C@H](N)C(=O)N(C)c1nccs1.Cl. The van der Waals surface area contributed by atoms with Gasteiger partial charge in [-0.3, -0.25) is 9.69 Å². The molecule has 74 valence electrons. The predicted molar refractivity (Wildman–Crippen MR) is 56.4 cm³/mol. The van der Waals surface area contributed by atoms with Crippen LogP contribution in [0.5, 0.6) is 0 Å². The Kier molecular flexibility index (Phi) is 4.90. The highest BCUT2D eigenvalue weighted by Gasteiger charge is 2.16. The zero-order valence-corrected chi connectivity index (χ0v) is 9.06. The van der Waals surface area contributed by atoms with Crippen LogP contribution in [-0.2, 0) is 4.79 Å². The number of aromatic nitrogens is 1. The summed E-state index contributed by atoms with van der Waals surface area (Å²) in [5, 5.41) is 2.50. The Morgan fingerprint density at radius 2 is 2.38 bits per heavy atom. The van der Waals surface area contributed by atoms with Gasteiger partial charge in [-0.25, -0.2) is 4.98 Å². The second-order valence-electron chi connectivity index (χ2n) is 2.50. The molecule has 1 rings (SSSR count). The number of amides is 1. The molecule has 6 heteroatoms. The van der Waals surface area contributed by atoms with E-state index in [1.165, 1.54) is 16.2 Å². The maximum absolute atomic E-state index is 11.3. The number of anilines is 1. The van der Waals surface area contributed by atoms with Crippen LogP contribution in [0.1, 0.15) is 6.92 Å². The number of halogens is 1. The number of nitrogens with two attached hydrogens (primary N) is 1. The van der Waals surface area contributed by atoms with Crippen LogP contribution in [0.25, 0.3) is 0 Å². The first kappa shape index (κ1) is 12.3. The van der Waals surface area contributed by atoms with Gasteiger partial charge in [-0.2, -0.15) is 0 Å². The Hall–Kier alpha value is -0.650. The van der Waals surface area contributed by atoms with Crippen LogP contribution in [0, 0.1) is 0 Å². The molecule has 1 amide bonds. The molecule has 0 spiro atoms. The van der Waals surface area contributed by atoms with Gasteiger partial charge in [-0.05, 0) is 6.92 Å². The van der Waals surface area contributed by atoms with E-state index < -0.39 is 6.04 Å². The standard InChI is InChI=1S/C7H11N3OS.ClH/c1-5(8)6(11)10(2)7-9-3-4-12-7;/h3-5H,8H2,1-2H3;1H/t5-;/m0./s1. The first-order valence-electron chi connectivity index (χ1n) is 3.55. The van der Waals surface area contributed by atoms with Crippen molar-refractivity contribution >= 4 is 34.8 Å². The largest absolute Gasteiger partial charge is 0.320 e. The van der Waals surface area contributed by atoms with Crippen molar-refractivity contribution in [3.8, 4) is 0 Å². The molecule has 0 aliphatic carbocycles. The number of thiazole rings is 1. The van der Waals surface area contributed by atoms with E-state index in [4.69, 9.17) is 5.73 Å². The van der Waals surface area contributed by atoms with Crippen LogP contribution < -0.4 is 10.6 Å². The third kappa shape index (κ3) is 2.95. The Bertz CT molecular complexity index is 263. The highest BCUT2D eigenvalue weighted by molar-refractivity contribution is 7.13. The maximum Gasteiger partial charge on any atom is 0.245 e. The molecule has 0 bridgehead atoms. The number of nitrogens with zero attached hydrogens (tertiary/aromatic N) is 2. The van der Waals surface area contributed by atoms with Gasteiger partial charge >= 0.3 is 0 Å². The summed E-state index contributed by atoms with van der Waals surface area (Å²) in [6.07, 6.45) is 1.66. The molecule has 0 saturated carbocycles. The molecule has 1 atom stereocenters. The number of carbonyl (C=O) groups excluding carboxylic acids is 1.